The van der Waals surface area contributed by atoms with Gasteiger partial charge < -0.3 is 0 Å². The molecule has 1 amide bonds. The minimum absolute atomic E-state index is 0.138. The first-order valence-corrected chi connectivity index (χ1v) is 8.01. The molecule has 0 spiro atoms. The Kier molecular flexibility index (Phi) is 4.11. The predicted molar refractivity (Wildman–Crippen MR) is 85.5 cm³/mol. The van der Waals surface area contributed by atoms with Crippen LogP contribution in [-0.2, 0) is 4.79 Å². The van der Waals surface area contributed by atoms with Crippen LogP contribution in [-0.4, -0.2) is 11.7 Å². The van der Waals surface area contributed by atoms with Gasteiger partial charge in [-0.15, -0.1) is 11.8 Å². The van der Waals surface area contributed by atoms with Gasteiger partial charge in [0, 0.05) is 15.6 Å². The number of rotatable bonds is 2. The Hall–Kier alpha value is -1.23. The van der Waals surface area contributed by atoms with Gasteiger partial charge in [-0.2, -0.15) is 0 Å². The summed E-state index contributed by atoms with van der Waals surface area (Å²) in [4.78, 5) is 13.6. The van der Waals surface area contributed by atoms with Crippen LogP contribution in [0.3, 0.4) is 0 Å². The van der Waals surface area contributed by atoms with Crippen molar-refractivity contribution in [1.29, 1.82) is 0 Å². The van der Waals surface area contributed by atoms with E-state index in [1.54, 1.807) is 36.4 Å². The number of para-hydroxylation sites is 1. The number of hydrogen-bond donors (Lipinski definition) is 0. The zero-order valence-corrected chi connectivity index (χ0v) is 13.1. The van der Waals surface area contributed by atoms with Gasteiger partial charge in [-0.3, -0.25) is 9.69 Å². The molecule has 0 aliphatic carbocycles. The first kappa shape index (κ1) is 14.7. The fourth-order valence-corrected chi connectivity index (χ4v) is 4.04. The maximum atomic E-state index is 14.0. The largest absolute Gasteiger partial charge is 0.292 e. The molecule has 1 fully saturated rings. The van der Waals surface area contributed by atoms with Gasteiger partial charge in [0.2, 0.25) is 5.91 Å². The van der Waals surface area contributed by atoms with Gasteiger partial charge in [-0.05, 0) is 24.3 Å². The number of amides is 1. The van der Waals surface area contributed by atoms with E-state index >= 15 is 0 Å². The van der Waals surface area contributed by atoms with E-state index in [-0.39, 0.29) is 22.7 Å². The fraction of sp³-hybridized carbons (Fsp3) is 0.133. The Balaban J connectivity index is 2.06. The maximum absolute atomic E-state index is 14.0. The van der Waals surface area contributed by atoms with E-state index in [0.29, 0.717) is 10.0 Å². The molecular weight excluding hydrogens is 332 g/mol. The van der Waals surface area contributed by atoms with Crippen LogP contribution in [0.5, 0.6) is 0 Å². The average molecular weight is 342 g/mol. The van der Waals surface area contributed by atoms with Crippen LogP contribution >= 0.6 is 35.0 Å². The number of hydrogen-bond acceptors (Lipinski definition) is 2. The summed E-state index contributed by atoms with van der Waals surface area (Å²) in [5.74, 6) is -0.276. The van der Waals surface area contributed by atoms with Crippen LogP contribution in [0.25, 0.3) is 0 Å². The van der Waals surface area contributed by atoms with Crippen molar-refractivity contribution in [3.8, 4) is 0 Å². The van der Waals surface area contributed by atoms with E-state index in [9.17, 15) is 9.18 Å². The Bertz CT molecular complexity index is 710. The van der Waals surface area contributed by atoms with Crippen molar-refractivity contribution in [3.05, 3.63) is 63.9 Å². The second-order valence-electron chi connectivity index (χ2n) is 4.54. The third-order valence-corrected chi connectivity index (χ3v) is 4.96. The molecular formula is C15H10Cl2FNOS. The second-order valence-corrected chi connectivity index (χ2v) is 6.46. The van der Waals surface area contributed by atoms with Gasteiger partial charge in [0.05, 0.1) is 11.4 Å². The molecule has 1 saturated heterocycles. The quantitative estimate of drug-likeness (QED) is 0.773. The number of carbonyl (C=O) groups excluding carboxylic acids is 1. The average Bonchev–Trinajstić information content (AvgIpc) is 2.81. The molecule has 0 unspecified atom stereocenters. The smallest absolute Gasteiger partial charge is 0.238 e. The highest BCUT2D eigenvalue weighted by Crippen LogP contribution is 2.44. The first-order valence-electron chi connectivity index (χ1n) is 6.21. The minimum Gasteiger partial charge on any atom is -0.292 e. The van der Waals surface area contributed by atoms with E-state index < -0.39 is 5.82 Å². The lowest BCUT2D eigenvalue weighted by molar-refractivity contribution is -0.115. The van der Waals surface area contributed by atoms with Gasteiger partial charge in [-0.1, -0.05) is 41.4 Å². The lowest BCUT2D eigenvalue weighted by Crippen LogP contribution is -2.28. The van der Waals surface area contributed by atoms with Crippen molar-refractivity contribution in [2.75, 3.05) is 10.7 Å². The lowest BCUT2D eigenvalue weighted by Gasteiger charge is -2.25. The van der Waals surface area contributed by atoms with Crippen LogP contribution in [0.1, 0.15) is 10.9 Å². The van der Waals surface area contributed by atoms with Gasteiger partial charge in [0.25, 0.3) is 0 Å². The van der Waals surface area contributed by atoms with Gasteiger partial charge in [0.15, 0.2) is 0 Å². The van der Waals surface area contributed by atoms with Crippen molar-refractivity contribution in [1.82, 2.24) is 0 Å². The molecule has 1 heterocycles. The number of benzene rings is 2. The van der Waals surface area contributed by atoms with Crippen molar-refractivity contribution in [2.24, 2.45) is 0 Å². The number of anilines is 1. The Morgan fingerprint density at radius 3 is 2.67 bits per heavy atom. The van der Waals surface area contributed by atoms with E-state index in [1.165, 1.54) is 22.7 Å². The van der Waals surface area contributed by atoms with Gasteiger partial charge in [-0.25, -0.2) is 4.39 Å². The first-order chi connectivity index (χ1) is 10.1. The standard InChI is InChI=1S/C15H10Cl2FNOS/c16-9-5-6-10(11(17)7-9)15-19(14(20)8-21-15)13-4-2-1-3-12(13)18/h1-7,15H,8H2/t15-/m0/s1. The summed E-state index contributed by atoms with van der Waals surface area (Å²) in [6.07, 6.45) is 0. The summed E-state index contributed by atoms with van der Waals surface area (Å²) in [6.45, 7) is 0. The van der Waals surface area contributed by atoms with Crippen molar-refractivity contribution in [2.45, 2.75) is 5.37 Å². The lowest BCUT2D eigenvalue weighted by atomic mass is 10.2. The topological polar surface area (TPSA) is 20.3 Å². The van der Waals surface area contributed by atoms with Crippen LogP contribution < -0.4 is 4.90 Å². The SMILES string of the molecule is O=C1CS[C@@H](c2ccc(Cl)cc2Cl)N1c1ccccc1F. The summed E-state index contributed by atoms with van der Waals surface area (Å²) in [7, 11) is 0. The Morgan fingerprint density at radius 2 is 1.95 bits per heavy atom. The molecule has 1 aliphatic heterocycles. The predicted octanol–water partition coefficient (Wildman–Crippen LogP) is 4.91. The number of carbonyl (C=O) groups is 1. The van der Waals surface area contributed by atoms with E-state index in [2.05, 4.69) is 0 Å². The maximum Gasteiger partial charge on any atom is 0.238 e. The normalized spacial score (nSPS) is 18.3. The third kappa shape index (κ3) is 2.76. The zero-order valence-electron chi connectivity index (χ0n) is 10.7. The van der Waals surface area contributed by atoms with Crippen molar-refractivity contribution < 1.29 is 9.18 Å². The van der Waals surface area contributed by atoms with E-state index in [4.69, 9.17) is 23.2 Å². The molecule has 21 heavy (non-hydrogen) atoms. The fourth-order valence-electron chi connectivity index (χ4n) is 2.26. The molecule has 0 aromatic heterocycles. The molecule has 1 aliphatic rings. The summed E-state index contributed by atoms with van der Waals surface area (Å²) in [5.41, 5.74) is 1.02. The highest BCUT2D eigenvalue weighted by molar-refractivity contribution is 8.00. The van der Waals surface area contributed by atoms with Crippen molar-refractivity contribution >= 4 is 46.6 Å². The van der Waals surface area contributed by atoms with Crippen molar-refractivity contribution in [3.63, 3.8) is 0 Å². The molecule has 0 radical (unpaired) electrons. The molecule has 6 heteroatoms. The minimum atomic E-state index is -0.427. The molecule has 2 nitrogen and oxygen atoms in total. The summed E-state index contributed by atoms with van der Waals surface area (Å²) < 4.78 is 14.0. The highest BCUT2D eigenvalue weighted by atomic mass is 35.5. The second kappa shape index (κ2) is 5.87. The third-order valence-electron chi connectivity index (χ3n) is 3.21. The Morgan fingerprint density at radius 1 is 1.19 bits per heavy atom. The van der Waals surface area contributed by atoms with Crippen LogP contribution in [0.4, 0.5) is 10.1 Å². The van der Waals surface area contributed by atoms with Crippen LogP contribution in [0.15, 0.2) is 42.5 Å². The molecule has 108 valence electrons. The van der Waals surface area contributed by atoms with Crippen LogP contribution in [0.2, 0.25) is 10.0 Å². The number of nitrogens with zero attached hydrogens (tertiary/aromatic N) is 1. The molecule has 1 atom stereocenters. The van der Waals surface area contributed by atoms with E-state index in [1.807, 2.05) is 0 Å². The molecule has 0 N–H and O–H groups in total. The summed E-state index contributed by atoms with van der Waals surface area (Å²) >= 11 is 13.5. The molecule has 0 bridgehead atoms. The number of thioether (sulfide) groups is 1. The highest BCUT2D eigenvalue weighted by Gasteiger charge is 2.36. The molecule has 0 saturated carbocycles. The number of halogens is 3. The molecule has 2 aromatic rings. The summed E-state index contributed by atoms with van der Waals surface area (Å²) in [6, 6.07) is 11.3. The van der Waals surface area contributed by atoms with Gasteiger partial charge >= 0.3 is 0 Å². The van der Waals surface area contributed by atoms with Gasteiger partial charge in [0.1, 0.15) is 11.2 Å². The molecule has 2 aromatic carbocycles. The zero-order chi connectivity index (χ0) is 15.0. The Labute approximate surface area is 135 Å². The van der Waals surface area contributed by atoms with E-state index in [0.717, 1.165) is 5.56 Å². The summed E-state index contributed by atoms with van der Waals surface area (Å²) in [5, 5.41) is 0.644. The molecule has 3 rings (SSSR count). The van der Waals surface area contributed by atoms with Crippen LogP contribution in [0, 0.1) is 5.82 Å². The monoisotopic (exact) mass is 341 g/mol.